The Hall–Kier alpha value is -1.69. The lowest BCUT2D eigenvalue weighted by molar-refractivity contribution is -0.123. The number of nitrogens with two attached hydrogens (primary N) is 1. The number of carbonyl (C=O) groups excluding carboxylic acids is 1. The summed E-state index contributed by atoms with van der Waals surface area (Å²) in [6, 6.07) is 3.32. The quantitative estimate of drug-likeness (QED) is 0.770. The minimum absolute atomic E-state index is 0.291. The van der Waals surface area contributed by atoms with Crippen LogP contribution in [0.1, 0.15) is 0 Å². The largest absolute Gasteiger partial charge is 0.478 e. The summed E-state index contributed by atoms with van der Waals surface area (Å²) in [5.74, 6) is -2.71. The van der Waals surface area contributed by atoms with E-state index in [9.17, 15) is 13.6 Å². The van der Waals surface area contributed by atoms with Crippen LogP contribution in [0.4, 0.5) is 8.78 Å². The van der Waals surface area contributed by atoms with Crippen molar-refractivity contribution in [2.45, 2.75) is 0 Å². The second kappa shape index (κ2) is 6.02. The predicted molar refractivity (Wildman–Crippen MR) is 53.9 cm³/mol. The fraction of sp³-hybridized carbons (Fsp3) is 0.300. The van der Waals surface area contributed by atoms with Crippen molar-refractivity contribution >= 4 is 5.91 Å². The summed E-state index contributed by atoms with van der Waals surface area (Å²) in [4.78, 5) is 11.1. The lowest BCUT2D eigenvalue weighted by atomic mass is 10.3. The smallest absolute Gasteiger partial charge is 0.257 e. The molecule has 0 radical (unpaired) electrons. The summed E-state index contributed by atoms with van der Waals surface area (Å²) in [7, 11) is 0. The molecule has 0 bridgehead atoms. The van der Waals surface area contributed by atoms with E-state index in [1.165, 1.54) is 6.07 Å². The lowest BCUT2D eigenvalue weighted by Gasteiger charge is -2.08. The molecular weight excluding hydrogens is 218 g/mol. The fourth-order valence-electron chi connectivity index (χ4n) is 1.02. The highest BCUT2D eigenvalue weighted by Crippen LogP contribution is 2.20. The molecule has 1 amide bonds. The van der Waals surface area contributed by atoms with Crippen LogP contribution in [0.3, 0.4) is 0 Å². The Morgan fingerprint density at radius 1 is 1.38 bits per heavy atom. The van der Waals surface area contributed by atoms with Gasteiger partial charge in [0.2, 0.25) is 0 Å². The summed E-state index contributed by atoms with van der Waals surface area (Å²) in [5, 5.41) is 2.41. The van der Waals surface area contributed by atoms with Gasteiger partial charge in [-0.2, -0.15) is 0 Å². The summed E-state index contributed by atoms with van der Waals surface area (Å²) in [6.45, 7) is 0.138. The second-order valence-electron chi connectivity index (χ2n) is 2.98. The molecule has 1 aromatic rings. The molecule has 0 heterocycles. The molecule has 16 heavy (non-hydrogen) atoms. The van der Waals surface area contributed by atoms with Crippen LogP contribution in [-0.2, 0) is 4.79 Å². The number of ether oxygens (including phenoxy) is 1. The van der Waals surface area contributed by atoms with Gasteiger partial charge in [0, 0.05) is 13.1 Å². The number of amides is 1. The molecule has 0 aromatic heterocycles. The molecule has 1 rings (SSSR count). The zero-order chi connectivity index (χ0) is 12.0. The van der Waals surface area contributed by atoms with E-state index in [0.717, 1.165) is 12.1 Å². The molecule has 0 fully saturated rings. The molecule has 0 aliphatic rings. The van der Waals surface area contributed by atoms with Gasteiger partial charge >= 0.3 is 0 Å². The Kier molecular flexibility index (Phi) is 4.65. The van der Waals surface area contributed by atoms with E-state index in [-0.39, 0.29) is 0 Å². The third-order valence-electron chi connectivity index (χ3n) is 1.73. The van der Waals surface area contributed by atoms with Crippen LogP contribution >= 0.6 is 0 Å². The van der Waals surface area contributed by atoms with Gasteiger partial charge in [0.15, 0.2) is 24.0 Å². The van der Waals surface area contributed by atoms with E-state index in [2.05, 4.69) is 5.32 Å². The molecule has 0 atom stereocenters. The van der Waals surface area contributed by atoms with Gasteiger partial charge in [0.25, 0.3) is 5.91 Å². The van der Waals surface area contributed by atoms with Crippen molar-refractivity contribution in [3.63, 3.8) is 0 Å². The zero-order valence-corrected chi connectivity index (χ0v) is 8.50. The SMILES string of the molecule is NCCNC(=O)COc1c(F)cccc1F. The maximum Gasteiger partial charge on any atom is 0.257 e. The first-order valence-corrected chi connectivity index (χ1v) is 4.68. The third kappa shape index (κ3) is 3.47. The van der Waals surface area contributed by atoms with Crippen LogP contribution in [0, 0.1) is 11.6 Å². The van der Waals surface area contributed by atoms with Gasteiger partial charge in [-0.05, 0) is 12.1 Å². The van der Waals surface area contributed by atoms with Crippen molar-refractivity contribution in [1.29, 1.82) is 0 Å². The number of benzene rings is 1. The highest BCUT2D eigenvalue weighted by Gasteiger charge is 2.11. The molecular formula is C10H12F2N2O2. The maximum atomic E-state index is 13.0. The van der Waals surface area contributed by atoms with E-state index >= 15 is 0 Å². The molecule has 0 unspecified atom stereocenters. The number of carbonyl (C=O) groups is 1. The summed E-state index contributed by atoms with van der Waals surface area (Å²) >= 11 is 0. The molecule has 0 saturated carbocycles. The average molecular weight is 230 g/mol. The van der Waals surface area contributed by atoms with Gasteiger partial charge in [-0.15, -0.1) is 0 Å². The standard InChI is InChI=1S/C10H12F2N2O2/c11-7-2-1-3-8(12)10(7)16-6-9(15)14-5-4-13/h1-3H,4-6,13H2,(H,14,15). The van der Waals surface area contributed by atoms with Crippen molar-refractivity contribution in [2.75, 3.05) is 19.7 Å². The van der Waals surface area contributed by atoms with Crippen LogP contribution in [0.25, 0.3) is 0 Å². The topological polar surface area (TPSA) is 64.3 Å². The Morgan fingerprint density at radius 3 is 2.56 bits per heavy atom. The molecule has 3 N–H and O–H groups in total. The van der Waals surface area contributed by atoms with Crippen molar-refractivity contribution in [1.82, 2.24) is 5.32 Å². The number of hydrogen-bond acceptors (Lipinski definition) is 3. The molecule has 0 saturated heterocycles. The first-order chi connectivity index (χ1) is 7.65. The van der Waals surface area contributed by atoms with Gasteiger partial charge < -0.3 is 15.8 Å². The fourth-order valence-corrected chi connectivity index (χ4v) is 1.02. The molecule has 88 valence electrons. The Bertz CT molecular complexity index is 352. The Balaban J connectivity index is 2.51. The third-order valence-corrected chi connectivity index (χ3v) is 1.73. The molecule has 0 aliphatic heterocycles. The molecule has 6 heteroatoms. The predicted octanol–water partition coefficient (Wildman–Crippen LogP) is 0.418. The lowest BCUT2D eigenvalue weighted by Crippen LogP contribution is -2.33. The van der Waals surface area contributed by atoms with Gasteiger partial charge in [-0.3, -0.25) is 4.79 Å². The average Bonchev–Trinajstić information content (AvgIpc) is 2.25. The van der Waals surface area contributed by atoms with Crippen LogP contribution < -0.4 is 15.8 Å². The zero-order valence-electron chi connectivity index (χ0n) is 8.50. The monoisotopic (exact) mass is 230 g/mol. The molecule has 1 aromatic carbocycles. The summed E-state index contributed by atoms with van der Waals surface area (Å²) in [5.41, 5.74) is 5.16. The van der Waals surface area contributed by atoms with Crippen molar-refractivity contribution in [2.24, 2.45) is 5.73 Å². The summed E-state index contributed by atoms with van der Waals surface area (Å²) < 4.78 is 30.8. The van der Waals surface area contributed by atoms with Gasteiger partial charge in [0.05, 0.1) is 0 Å². The molecule has 0 spiro atoms. The number of nitrogens with one attached hydrogen (secondary N) is 1. The van der Waals surface area contributed by atoms with E-state index < -0.39 is 29.9 Å². The maximum absolute atomic E-state index is 13.0. The molecule has 0 aliphatic carbocycles. The Labute approximate surface area is 91.4 Å². The molecule has 4 nitrogen and oxygen atoms in total. The van der Waals surface area contributed by atoms with Crippen molar-refractivity contribution in [3.05, 3.63) is 29.8 Å². The highest BCUT2D eigenvalue weighted by atomic mass is 19.1. The van der Waals surface area contributed by atoms with Crippen molar-refractivity contribution < 1.29 is 18.3 Å². The normalized spacial score (nSPS) is 9.94. The van der Waals surface area contributed by atoms with E-state index in [0.29, 0.717) is 13.1 Å². The first kappa shape index (κ1) is 12.4. The first-order valence-electron chi connectivity index (χ1n) is 4.68. The number of rotatable bonds is 5. The van der Waals surface area contributed by atoms with Gasteiger partial charge in [-0.25, -0.2) is 8.78 Å². The van der Waals surface area contributed by atoms with E-state index in [1.54, 1.807) is 0 Å². The van der Waals surface area contributed by atoms with Gasteiger partial charge in [-0.1, -0.05) is 6.07 Å². The summed E-state index contributed by atoms with van der Waals surface area (Å²) in [6.07, 6.45) is 0. The Morgan fingerprint density at radius 2 is 2.00 bits per heavy atom. The number of para-hydroxylation sites is 1. The van der Waals surface area contributed by atoms with Gasteiger partial charge in [0.1, 0.15) is 0 Å². The number of hydrogen-bond donors (Lipinski definition) is 2. The van der Waals surface area contributed by atoms with Crippen LogP contribution in [-0.4, -0.2) is 25.6 Å². The minimum Gasteiger partial charge on any atom is -0.478 e. The number of halogens is 2. The van der Waals surface area contributed by atoms with Crippen molar-refractivity contribution in [3.8, 4) is 5.75 Å². The van der Waals surface area contributed by atoms with E-state index in [4.69, 9.17) is 10.5 Å². The van der Waals surface area contributed by atoms with Crippen LogP contribution in [0.5, 0.6) is 5.75 Å². The second-order valence-corrected chi connectivity index (χ2v) is 2.98. The van der Waals surface area contributed by atoms with Crippen LogP contribution in [0.2, 0.25) is 0 Å². The minimum atomic E-state index is -0.841. The van der Waals surface area contributed by atoms with Crippen LogP contribution in [0.15, 0.2) is 18.2 Å². The highest BCUT2D eigenvalue weighted by molar-refractivity contribution is 5.77. The van der Waals surface area contributed by atoms with E-state index in [1.807, 2.05) is 0 Å².